The average Bonchev–Trinajstić information content (AvgIpc) is 2.57. The first-order valence-corrected chi connectivity index (χ1v) is 8.10. The number of rotatable bonds is 3. The van der Waals surface area contributed by atoms with Crippen molar-refractivity contribution in [3.8, 4) is 5.75 Å². The van der Waals surface area contributed by atoms with Crippen molar-refractivity contribution in [1.82, 2.24) is 4.90 Å². The Balaban J connectivity index is 1.73. The summed E-state index contributed by atoms with van der Waals surface area (Å²) in [6.45, 7) is 2.32. The second kappa shape index (κ2) is 6.78. The van der Waals surface area contributed by atoms with Crippen molar-refractivity contribution in [3.63, 3.8) is 0 Å². The zero-order valence-electron chi connectivity index (χ0n) is 13.6. The molecule has 2 aliphatic rings. The summed E-state index contributed by atoms with van der Waals surface area (Å²) < 4.78 is 5.41. The molecule has 0 saturated carbocycles. The summed E-state index contributed by atoms with van der Waals surface area (Å²) in [5.74, 6) is -0.0742. The van der Waals surface area contributed by atoms with Crippen LogP contribution in [-0.2, 0) is 9.59 Å². The van der Waals surface area contributed by atoms with Crippen molar-refractivity contribution in [3.05, 3.63) is 23.8 Å². The van der Waals surface area contributed by atoms with Crippen LogP contribution in [-0.4, -0.2) is 65.9 Å². The standard InChI is InChI=1S/C17H22N2O5/c1-11-2-3-15-13(6-11)19(17(23)10-24-15)8-16(22)18-5-4-12(9-20)14(21)7-18/h2-3,6,12,14,20-21H,4-5,7-10H2,1H3/t12-,14-/m1/s1. The predicted octanol–water partition coefficient (Wildman–Crippen LogP) is -0.0779. The average molecular weight is 334 g/mol. The van der Waals surface area contributed by atoms with Crippen molar-refractivity contribution >= 4 is 17.5 Å². The number of benzene rings is 1. The van der Waals surface area contributed by atoms with E-state index in [2.05, 4.69) is 0 Å². The molecular weight excluding hydrogens is 312 g/mol. The number of hydrogen-bond donors (Lipinski definition) is 2. The highest BCUT2D eigenvalue weighted by Gasteiger charge is 2.33. The van der Waals surface area contributed by atoms with Gasteiger partial charge in [0.2, 0.25) is 5.91 Å². The van der Waals surface area contributed by atoms with Gasteiger partial charge in [0.25, 0.3) is 5.91 Å². The lowest BCUT2D eigenvalue weighted by Crippen LogP contribution is -2.52. The number of carbonyl (C=O) groups is 2. The molecule has 7 heteroatoms. The minimum atomic E-state index is -0.734. The first kappa shape index (κ1) is 16.7. The van der Waals surface area contributed by atoms with Gasteiger partial charge in [0.05, 0.1) is 11.8 Å². The summed E-state index contributed by atoms with van der Waals surface area (Å²) in [5.41, 5.74) is 1.58. The number of aliphatic hydroxyl groups excluding tert-OH is 2. The van der Waals surface area contributed by atoms with Gasteiger partial charge in [0.1, 0.15) is 12.3 Å². The van der Waals surface area contributed by atoms with E-state index in [4.69, 9.17) is 4.74 Å². The van der Waals surface area contributed by atoms with Crippen molar-refractivity contribution in [1.29, 1.82) is 0 Å². The van der Waals surface area contributed by atoms with E-state index < -0.39 is 6.10 Å². The van der Waals surface area contributed by atoms with Crippen LogP contribution in [0.4, 0.5) is 5.69 Å². The number of nitrogens with zero attached hydrogens (tertiary/aromatic N) is 2. The van der Waals surface area contributed by atoms with Crippen LogP contribution in [0.2, 0.25) is 0 Å². The second-order valence-electron chi connectivity index (χ2n) is 6.38. The molecule has 0 spiro atoms. The Bertz CT molecular complexity index is 648. The summed E-state index contributed by atoms with van der Waals surface area (Å²) in [6, 6.07) is 5.52. The van der Waals surface area contributed by atoms with Crippen LogP contribution in [0, 0.1) is 12.8 Å². The Hall–Kier alpha value is -2.12. The molecule has 1 aromatic rings. The Kier molecular flexibility index (Phi) is 4.73. The molecule has 1 saturated heterocycles. The van der Waals surface area contributed by atoms with Gasteiger partial charge in [-0.05, 0) is 31.0 Å². The van der Waals surface area contributed by atoms with Gasteiger partial charge in [-0.1, -0.05) is 6.07 Å². The summed E-state index contributed by atoms with van der Waals surface area (Å²) in [5, 5.41) is 19.2. The maximum absolute atomic E-state index is 12.6. The molecule has 2 aliphatic heterocycles. The zero-order valence-corrected chi connectivity index (χ0v) is 13.6. The SMILES string of the molecule is Cc1ccc2c(c1)N(CC(=O)N1CC[C@H](CO)[C@H](O)C1)C(=O)CO2. The maximum atomic E-state index is 12.6. The van der Waals surface area contributed by atoms with E-state index in [0.717, 1.165) is 5.56 Å². The fourth-order valence-corrected chi connectivity index (χ4v) is 3.14. The Morgan fingerprint density at radius 1 is 1.42 bits per heavy atom. The lowest BCUT2D eigenvalue weighted by atomic mass is 9.95. The summed E-state index contributed by atoms with van der Waals surface area (Å²) in [7, 11) is 0. The predicted molar refractivity (Wildman–Crippen MR) is 86.8 cm³/mol. The highest BCUT2D eigenvalue weighted by molar-refractivity contribution is 6.02. The smallest absolute Gasteiger partial charge is 0.265 e. The van der Waals surface area contributed by atoms with E-state index in [1.54, 1.807) is 11.0 Å². The molecule has 0 aromatic heterocycles. The molecule has 1 fully saturated rings. The van der Waals surface area contributed by atoms with Gasteiger partial charge in [-0.2, -0.15) is 0 Å². The van der Waals surface area contributed by atoms with Crippen LogP contribution in [0.5, 0.6) is 5.75 Å². The van der Waals surface area contributed by atoms with E-state index in [0.29, 0.717) is 24.4 Å². The molecule has 2 atom stereocenters. The Morgan fingerprint density at radius 2 is 2.21 bits per heavy atom. The van der Waals surface area contributed by atoms with Crippen molar-refractivity contribution in [2.24, 2.45) is 5.92 Å². The molecule has 7 nitrogen and oxygen atoms in total. The molecule has 0 aliphatic carbocycles. The Morgan fingerprint density at radius 3 is 2.92 bits per heavy atom. The topological polar surface area (TPSA) is 90.3 Å². The molecule has 3 rings (SSSR count). The van der Waals surface area contributed by atoms with E-state index in [-0.39, 0.29) is 44.0 Å². The maximum Gasteiger partial charge on any atom is 0.265 e. The van der Waals surface area contributed by atoms with Crippen LogP contribution in [0.1, 0.15) is 12.0 Å². The molecule has 0 unspecified atom stereocenters. The fourth-order valence-electron chi connectivity index (χ4n) is 3.14. The third-order valence-corrected chi connectivity index (χ3v) is 4.66. The summed E-state index contributed by atoms with van der Waals surface area (Å²) in [4.78, 5) is 27.8. The normalized spacial score (nSPS) is 23.7. The van der Waals surface area contributed by atoms with Crippen LogP contribution >= 0.6 is 0 Å². The van der Waals surface area contributed by atoms with Crippen molar-refractivity contribution in [2.75, 3.05) is 37.7 Å². The van der Waals surface area contributed by atoms with Crippen molar-refractivity contribution in [2.45, 2.75) is 19.4 Å². The number of ether oxygens (including phenoxy) is 1. The molecule has 2 N–H and O–H groups in total. The van der Waals surface area contributed by atoms with Crippen LogP contribution < -0.4 is 9.64 Å². The molecule has 2 amide bonds. The second-order valence-corrected chi connectivity index (χ2v) is 6.38. The van der Waals surface area contributed by atoms with Gasteiger partial charge in [0.15, 0.2) is 6.61 Å². The van der Waals surface area contributed by atoms with E-state index in [1.807, 2.05) is 19.1 Å². The Labute approximate surface area is 140 Å². The lowest BCUT2D eigenvalue weighted by Gasteiger charge is -2.37. The number of anilines is 1. The van der Waals surface area contributed by atoms with E-state index >= 15 is 0 Å². The van der Waals surface area contributed by atoms with Crippen molar-refractivity contribution < 1.29 is 24.5 Å². The number of aryl methyl sites for hydroxylation is 1. The largest absolute Gasteiger partial charge is 0.482 e. The number of carbonyl (C=O) groups excluding carboxylic acids is 2. The zero-order chi connectivity index (χ0) is 17.3. The van der Waals surface area contributed by atoms with Gasteiger partial charge in [-0.15, -0.1) is 0 Å². The molecule has 0 bridgehead atoms. The van der Waals surface area contributed by atoms with E-state index in [1.165, 1.54) is 4.90 Å². The molecule has 1 aromatic carbocycles. The van der Waals surface area contributed by atoms with E-state index in [9.17, 15) is 19.8 Å². The molecule has 24 heavy (non-hydrogen) atoms. The number of hydrogen-bond acceptors (Lipinski definition) is 5. The first-order chi connectivity index (χ1) is 11.5. The first-order valence-electron chi connectivity index (χ1n) is 8.10. The monoisotopic (exact) mass is 334 g/mol. The fraction of sp³-hybridized carbons (Fsp3) is 0.529. The third kappa shape index (κ3) is 3.22. The minimum Gasteiger partial charge on any atom is -0.482 e. The number of piperidine rings is 1. The summed E-state index contributed by atoms with van der Waals surface area (Å²) >= 11 is 0. The number of likely N-dealkylation sites (tertiary alicyclic amines) is 1. The molecular formula is C17H22N2O5. The minimum absolute atomic E-state index is 0.0742. The quantitative estimate of drug-likeness (QED) is 0.807. The number of fused-ring (bicyclic) bond motifs is 1. The highest BCUT2D eigenvalue weighted by Crippen LogP contribution is 2.32. The highest BCUT2D eigenvalue weighted by atomic mass is 16.5. The van der Waals surface area contributed by atoms with Gasteiger partial charge >= 0.3 is 0 Å². The van der Waals surface area contributed by atoms with Crippen LogP contribution in [0.15, 0.2) is 18.2 Å². The number of aliphatic hydroxyl groups is 2. The summed E-state index contributed by atoms with van der Waals surface area (Å²) in [6.07, 6.45) is -0.182. The number of β-amino-alcohol motifs (C(OH)–C–C–N with tert-alkyl or cyclic N) is 1. The van der Waals surface area contributed by atoms with Gasteiger partial charge < -0.3 is 19.8 Å². The molecule has 130 valence electrons. The number of amides is 2. The van der Waals surface area contributed by atoms with Gasteiger partial charge in [-0.3, -0.25) is 14.5 Å². The van der Waals surface area contributed by atoms with Gasteiger partial charge in [-0.25, -0.2) is 0 Å². The molecule has 0 radical (unpaired) electrons. The van der Waals surface area contributed by atoms with Crippen LogP contribution in [0.25, 0.3) is 0 Å². The van der Waals surface area contributed by atoms with Gasteiger partial charge in [0, 0.05) is 25.6 Å². The van der Waals surface area contributed by atoms with Crippen LogP contribution in [0.3, 0.4) is 0 Å². The third-order valence-electron chi connectivity index (χ3n) is 4.66. The lowest BCUT2D eigenvalue weighted by molar-refractivity contribution is -0.136. The molecule has 2 heterocycles.